The van der Waals surface area contributed by atoms with Gasteiger partial charge in [0, 0.05) is 34.1 Å². The quantitative estimate of drug-likeness (QED) is 0.677. The first-order valence-electron chi connectivity index (χ1n) is 5.04. The molecule has 90 valence electrons. The van der Waals surface area contributed by atoms with Crippen LogP contribution in [0.2, 0.25) is 0 Å². The number of aromatic nitrogens is 2. The molecule has 2 amide bonds. The second-order valence-corrected chi connectivity index (χ2v) is 3.53. The summed E-state index contributed by atoms with van der Waals surface area (Å²) in [5.41, 5.74) is 0. The van der Waals surface area contributed by atoms with Crippen molar-refractivity contribution in [1.82, 2.24) is 25.7 Å². The van der Waals surface area contributed by atoms with Crippen LogP contribution in [0.15, 0.2) is 4.52 Å². The molecule has 0 fully saturated rings. The van der Waals surface area contributed by atoms with Gasteiger partial charge in [-0.25, -0.2) is 4.79 Å². The molecule has 0 aromatic carbocycles. The monoisotopic (exact) mass is 227 g/mol. The highest BCUT2D eigenvalue weighted by Gasteiger charge is 2.02. The molecule has 0 unspecified atom stereocenters. The van der Waals surface area contributed by atoms with E-state index < -0.39 is 0 Å². The van der Waals surface area contributed by atoms with Crippen molar-refractivity contribution in [2.24, 2.45) is 0 Å². The Morgan fingerprint density at radius 3 is 2.75 bits per heavy atom. The number of nitrogens with zero attached hydrogens (tertiary/aromatic N) is 3. The molecule has 0 aliphatic heterocycles. The number of nitrogens with one attached hydrogen (secondary N) is 2. The van der Waals surface area contributed by atoms with Gasteiger partial charge in [0.1, 0.15) is 0 Å². The minimum Gasteiger partial charge on any atom is -0.340 e. The lowest BCUT2D eigenvalue weighted by molar-refractivity contribution is 0.217. The lowest BCUT2D eigenvalue weighted by atomic mass is 10.5. The number of aryl methyl sites for hydroxylation is 1. The van der Waals surface area contributed by atoms with Crippen LogP contribution >= 0.6 is 0 Å². The van der Waals surface area contributed by atoms with Gasteiger partial charge in [0.25, 0.3) is 0 Å². The molecule has 0 atom stereocenters. The first kappa shape index (κ1) is 12.4. The fourth-order valence-electron chi connectivity index (χ4n) is 1.03. The van der Waals surface area contributed by atoms with E-state index in [2.05, 4.69) is 20.8 Å². The fraction of sp³-hybridized carbons (Fsp3) is 0.667. The number of carbonyl (C=O) groups is 1. The Labute approximate surface area is 94.2 Å². The summed E-state index contributed by atoms with van der Waals surface area (Å²) in [7, 11) is 3.40. The lowest BCUT2D eigenvalue weighted by Crippen LogP contribution is -2.38. The highest BCUT2D eigenvalue weighted by Crippen LogP contribution is 1.92. The zero-order valence-electron chi connectivity index (χ0n) is 9.78. The molecule has 1 aromatic rings. The van der Waals surface area contributed by atoms with Gasteiger partial charge in [-0.1, -0.05) is 5.16 Å². The summed E-state index contributed by atoms with van der Waals surface area (Å²) in [6.45, 7) is 3.50. The van der Waals surface area contributed by atoms with E-state index in [0.29, 0.717) is 31.3 Å². The van der Waals surface area contributed by atoms with E-state index in [9.17, 15) is 4.79 Å². The van der Waals surface area contributed by atoms with E-state index in [1.54, 1.807) is 21.0 Å². The van der Waals surface area contributed by atoms with Crippen LogP contribution in [-0.2, 0) is 6.54 Å². The predicted octanol–water partition coefficient (Wildman–Crippen LogP) is -0.261. The van der Waals surface area contributed by atoms with Gasteiger partial charge in [0.15, 0.2) is 5.82 Å². The van der Waals surface area contributed by atoms with Crippen LogP contribution in [-0.4, -0.2) is 48.3 Å². The molecule has 0 aliphatic rings. The van der Waals surface area contributed by atoms with E-state index in [4.69, 9.17) is 4.52 Å². The molecule has 0 saturated heterocycles. The highest BCUT2D eigenvalue weighted by molar-refractivity contribution is 5.73. The number of amides is 2. The van der Waals surface area contributed by atoms with Crippen LogP contribution in [0.5, 0.6) is 0 Å². The maximum Gasteiger partial charge on any atom is 0.316 e. The molecule has 1 heterocycles. The Morgan fingerprint density at radius 2 is 2.19 bits per heavy atom. The van der Waals surface area contributed by atoms with Crippen LogP contribution in [0.1, 0.15) is 11.7 Å². The third-order valence-electron chi connectivity index (χ3n) is 1.84. The average Bonchev–Trinajstić information content (AvgIpc) is 2.63. The Hall–Kier alpha value is -1.63. The van der Waals surface area contributed by atoms with E-state index in [1.165, 1.54) is 4.90 Å². The van der Waals surface area contributed by atoms with Crippen molar-refractivity contribution in [3.63, 3.8) is 0 Å². The molecule has 7 nitrogen and oxygen atoms in total. The van der Waals surface area contributed by atoms with Gasteiger partial charge in [-0.3, -0.25) is 0 Å². The zero-order valence-corrected chi connectivity index (χ0v) is 9.78. The summed E-state index contributed by atoms with van der Waals surface area (Å²) < 4.78 is 4.81. The lowest BCUT2D eigenvalue weighted by Gasteiger charge is -2.11. The largest absolute Gasteiger partial charge is 0.340 e. The molecule has 1 rings (SSSR count). The van der Waals surface area contributed by atoms with Gasteiger partial charge in [-0.2, -0.15) is 4.98 Å². The summed E-state index contributed by atoms with van der Waals surface area (Å²) in [6, 6.07) is -0.0998. The Morgan fingerprint density at radius 1 is 1.44 bits per heavy atom. The average molecular weight is 227 g/mol. The molecule has 7 heteroatoms. The molecule has 0 bridgehead atoms. The molecule has 1 aromatic heterocycles. The van der Waals surface area contributed by atoms with E-state index in [0.717, 1.165) is 0 Å². The first-order chi connectivity index (χ1) is 7.59. The zero-order chi connectivity index (χ0) is 12.0. The highest BCUT2D eigenvalue weighted by atomic mass is 16.5. The molecule has 0 saturated carbocycles. The predicted molar refractivity (Wildman–Crippen MR) is 57.8 cm³/mol. The molecular weight excluding hydrogens is 210 g/mol. The fourth-order valence-corrected chi connectivity index (χ4v) is 1.03. The van der Waals surface area contributed by atoms with Crippen molar-refractivity contribution >= 4 is 6.03 Å². The molecule has 2 N–H and O–H groups in total. The van der Waals surface area contributed by atoms with Crippen LogP contribution in [0.3, 0.4) is 0 Å². The standard InChI is InChI=1S/C9H17N5O2/c1-7-12-8(13-16-7)6-10-4-5-11-9(15)14(2)3/h10H,4-6H2,1-3H3,(H,11,15). The van der Waals surface area contributed by atoms with Crippen molar-refractivity contribution in [1.29, 1.82) is 0 Å². The minimum absolute atomic E-state index is 0.0998. The van der Waals surface area contributed by atoms with Crippen LogP contribution in [0, 0.1) is 6.92 Å². The van der Waals surface area contributed by atoms with Gasteiger partial charge in [-0.15, -0.1) is 0 Å². The molecular formula is C9H17N5O2. The van der Waals surface area contributed by atoms with Gasteiger partial charge in [-0.05, 0) is 0 Å². The Kier molecular flexibility index (Phi) is 4.71. The summed E-state index contributed by atoms with van der Waals surface area (Å²) in [5, 5.41) is 9.56. The SMILES string of the molecule is Cc1nc(CNCCNC(=O)N(C)C)no1. The van der Waals surface area contributed by atoms with Crippen molar-refractivity contribution in [3.05, 3.63) is 11.7 Å². The number of hydrogen-bond acceptors (Lipinski definition) is 5. The van der Waals surface area contributed by atoms with Crippen molar-refractivity contribution in [2.75, 3.05) is 27.2 Å². The first-order valence-corrected chi connectivity index (χ1v) is 5.04. The topological polar surface area (TPSA) is 83.3 Å². The van der Waals surface area contributed by atoms with Crippen LogP contribution in [0.4, 0.5) is 4.79 Å². The summed E-state index contributed by atoms with van der Waals surface area (Å²) in [6.07, 6.45) is 0. The summed E-state index contributed by atoms with van der Waals surface area (Å²) in [4.78, 5) is 16.7. The normalized spacial score (nSPS) is 10.2. The molecule has 0 radical (unpaired) electrons. The molecule has 16 heavy (non-hydrogen) atoms. The third kappa shape index (κ3) is 4.26. The van der Waals surface area contributed by atoms with Gasteiger partial charge < -0.3 is 20.1 Å². The minimum atomic E-state index is -0.0998. The molecule has 0 spiro atoms. The van der Waals surface area contributed by atoms with Crippen molar-refractivity contribution in [3.8, 4) is 0 Å². The van der Waals surface area contributed by atoms with E-state index in [-0.39, 0.29) is 6.03 Å². The molecule has 0 aliphatic carbocycles. The van der Waals surface area contributed by atoms with Crippen LogP contribution < -0.4 is 10.6 Å². The number of hydrogen-bond donors (Lipinski definition) is 2. The maximum absolute atomic E-state index is 11.1. The van der Waals surface area contributed by atoms with Gasteiger partial charge >= 0.3 is 6.03 Å². The Balaban J connectivity index is 2.06. The smallest absolute Gasteiger partial charge is 0.316 e. The van der Waals surface area contributed by atoms with E-state index >= 15 is 0 Å². The van der Waals surface area contributed by atoms with Crippen molar-refractivity contribution < 1.29 is 9.32 Å². The summed E-state index contributed by atoms with van der Waals surface area (Å²) in [5.74, 6) is 1.18. The third-order valence-corrected chi connectivity index (χ3v) is 1.84. The van der Waals surface area contributed by atoms with Crippen LogP contribution in [0.25, 0.3) is 0 Å². The second kappa shape index (κ2) is 6.06. The van der Waals surface area contributed by atoms with Crippen molar-refractivity contribution in [2.45, 2.75) is 13.5 Å². The second-order valence-electron chi connectivity index (χ2n) is 3.53. The van der Waals surface area contributed by atoms with Gasteiger partial charge in [0.2, 0.25) is 5.89 Å². The summed E-state index contributed by atoms with van der Waals surface area (Å²) >= 11 is 0. The number of rotatable bonds is 5. The van der Waals surface area contributed by atoms with Gasteiger partial charge in [0.05, 0.1) is 6.54 Å². The maximum atomic E-state index is 11.1. The Bertz CT molecular complexity index is 336. The van der Waals surface area contributed by atoms with E-state index in [1.807, 2.05) is 0 Å². The number of carbonyl (C=O) groups excluding carboxylic acids is 1. The number of urea groups is 1.